The van der Waals surface area contributed by atoms with Crippen molar-refractivity contribution in [1.82, 2.24) is 9.88 Å². The molecule has 2 fully saturated rings. The lowest BCUT2D eigenvalue weighted by molar-refractivity contribution is -0.118. The maximum atomic E-state index is 15.5. The van der Waals surface area contributed by atoms with Gasteiger partial charge in [0.1, 0.15) is 11.3 Å². The summed E-state index contributed by atoms with van der Waals surface area (Å²) < 4.78 is 21.6. The van der Waals surface area contributed by atoms with Gasteiger partial charge < -0.3 is 20.0 Å². The highest BCUT2D eigenvalue weighted by atomic mass is 28.2. The molecule has 1 aliphatic carbocycles. The zero-order chi connectivity index (χ0) is 28.2. The van der Waals surface area contributed by atoms with Crippen molar-refractivity contribution in [2.45, 2.75) is 50.1 Å². The second kappa shape index (κ2) is 10.1. The van der Waals surface area contributed by atoms with Gasteiger partial charge in [0.15, 0.2) is 5.58 Å². The van der Waals surface area contributed by atoms with E-state index in [4.69, 9.17) is 15.1 Å². The van der Waals surface area contributed by atoms with Crippen LogP contribution in [-0.2, 0) is 11.2 Å². The Morgan fingerprint density at radius 3 is 2.61 bits per heavy atom. The van der Waals surface area contributed by atoms with Gasteiger partial charge in [0, 0.05) is 36.0 Å². The van der Waals surface area contributed by atoms with E-state index < -0.39 is 15.3 Å². The summed E-state index contributed by atoms with van der Waals surface area (Å²) in [5.41, 5.74) is 11.9. The molecule has 1 aromatic heterocycles. The lowest BCUT2D eigenvalue weighted by atomic mass is 9.93. The Morgan fingerprint density at radius 1 is 1.05 bits per heavy atom. The standard InChI is InChI=1S/C32H33FN4O3Si/c1-18-23-5-3-2-4-19(23)10-13-37(18)32(39)21-14-25(20-6-7-20)29-27(15-21)40-31(35-29)24-9-8-22(16-26(24)33)36-12-11-28(30(34)38)41-17-36/h2-5,8-9,14-16,18,20,28H,6-7,10-13,17,41H2,1H3,(H2,34,38)/t18-,28-/m1/s1. The molecule has 2 aliphatic heterocycles. The summed E-state index contributed by atoms with van der Waals surface area (Å²) in [5, 5.41) is 0. The molecule has 9 heteroatoms. The predicted molar refractivity (Wildman–Crippen MR) is 159 cm³/mol. The van der Waals surface area contributed by atoms with Crippen LogP contribution in [0.15, 0.2) is 59.0 Å². The Labute approximate surface area is 240 Å². The molecule has 7 rings (SSSR count). The minimum Gasteiger partial charge on any atom is -0.436 e. The smallest absolute Gasteiger partial charge is 0.254 e. The number of carbonyl (C=O) groups excluding carboxylic acids is 2. The number of nitrogens with zero attached hydrogens (tertiary/aromatic N) is 3. The molecular weight excluding hydrogens is 535 g/mol. The highest BCUT2D eigenvalue weighted by molar-refractivity contribution is 6.45. The van der Waals surface area contributed by atoms with Gasteiger partial charge in [-0.15, -0.1) is 0 Å². The van der Waals surface area contributed by atoms with Crippen molar-refractivity contribution in [2.75, 3.05) is 24.2 Å². The fourth-order valence-corrected chi connectivity index (χ4v) is 8.37. The number of hydrogen-bond acceptors (Lipinski definition) is 5. The van der Waals surface area contributed by atoms with E-state index >= 15 is 4.39 Å². The third-order valence-electron chi connectivity index (χ3n) is 9.09. The number of oxazole rings is 1. The first-order valence-corrected chi connectivity index (χ1v) is 16.4. The normalized spacial score (nSPS) is 21.3. The molecule has 2 amide bonds. The van der Waals surface area contributed by atoms with Gasteiger partial charge in [-0.05, 0) is 85.5 Å². The minimum absolute atomic E-state index is 0.0153. The summed E-state index contributed by atoms with van der Waals surface area (Å²) in [6.07, 6.45) is 4.43. The fourth-order valence-electron chi connectivity index (χ4n) is 6.51. The molecule has 41 heavy (non-hydrogen) atoms. The number of aromatic nitrogens is 1. The van der Waals surface area contributed by atoms with E-state index in [0.29, 0.717) is 41.2 Å². The molecule has 3 aliphatic rings. The maximum absolute atomic E-state index is 15.5. The third kappa shape index (κ3) is 4.72. The number of rotatable bonds is 5. The number of primary amides is 1. The molecule has 0 radical (unpaired) electrons. The van der Waals surface area contributed by atoms with E-state index in [9.17, 15) is 9.59 Å². The molecule has 2 N–H and O–H groups in total. The van der Waals surface area contributed by atoms with Gasteiger partial charge in [-0.25, -0.2) is 9.37 Å². The average molecular weight is 569 g/mol. The number of amides is 2. The first-order chi connectivity index (χ1) is 19.9. The largest absolute Gasteiger partial charge is 0.436 e. The zero-order valence-corrected chi connectivity index (χ0v) is 24.5. The topological polar surface area (TPSA) is 92.7 Å². The van der Waals surface area contributed by atoms with Crippen LogP contribution in [0.25, 0.3) is 22.6 Å². The number of hydrogen-bond donors (Lipinski definition) is 1. The maximum Gasteiger partial charge on any atom is 0.254 e. The van der Waals surface area contributed by atoms with Gasteiger partial charge in [-0.1, -0.05) is 24.3 Å². The molecule has 4 aromatic rings. The van der Waals surface area contributed by atoms with Gasteiger partial charge in [-0.2, -0.15) is 0 Å². The quantitative estimate of drug-likeness (QED) is 0.347. The van der Waals surface area contributed by atoms with E-state index in [1.54, 1.807) is 12.1 Å². The summed E-state index contributed by atoms with van der Waals surface area (Å²) in [5.74, 6) is -0.0779. The predicted octanol–water partition coefficient (Wildman–Crippen LogP) is 4.88. The Kier molecular flexibility index (Phi) is 6.41. The van der Waals surface area contributed by atoms with Crippen LogP contribution in [0, 0.1) is 5.82 Å². The van der Waals surface area contributed by atoms with Crippen LogP contribution in [0.2, 0.25) is 5.54 Å². The van der Waals surface area contributed by atoms with Crippen LogP contribution in [-0.4, -0.2) is 50.5 Å². The van der Waals surface area contributed by atoms with Crippen molar-refractivity contribution >= 4 is 38.1 Å². The Bertz CT molecular complexity index is 1670. The van der Waals surface area contributed by atoms with Crippen molar-refractivity contribution in [3.63, 3.8) is 0 Å². The summed E-state index contributed by atoms with van der Waals surface area (Å²) in [6.45, 7) is 3.43. The van der Waals surface area contributed by atoms with Gasteiger partial charge >= 0.3 is 0 Å². The third-order valence-corrected chi connectivity index (χ3v) is 11.4. The molecule has 3 aromatic carbocycles. The van der Waals surface area contributed by atoms with Gasteiger partial charge in [-0.3, -0.25) is 9.59 Å². The Morgan fingerprint density at radius 2 is 1.88 bits per heavy atom. The number of carbonyl (C=O) groups is 2. The van der Waals surface area contributed by atoms with Crippen molar-refractivity contribution in [3.8, 4) is 11.5 Å². The van der Waals surface area contributed by atoms with Crippen LogP contribution in [0.5, 0.6) is 0 Å². The van der Waals surface area contributed by atoms with E-state index in [0.717, 1.165) is 43.1 Å². The lowest BCUT2D eigenvalue weighted by Gasteiger charge is -2.35. The molecule has 7 nitrogen and oxygen atoms in total. The molecule has 3 heterocycles. The number of fused-ring (bicyclic) bond motifs is 2. The minimum atomic E-state index is -0.681. The van der Waals surface area contributed by atoms with Crippen LogP contribution < -0.4 is 10.6 Å². The second-order valence-electron chi connectivity index (χ2n) is 11.7. The molecule has 0 unspecified atom stereocenters. The first kappa shape index (κ1) is 25.9. The van der Waals surface area contributed by atoms with Crippen molar-refractivity contribution in [2.24, 2.45) is 5.73 Å². The lowest BCUT2D eigenvalue weighted by Crippen LogP contribution is -2.41. The van der Waals surface area contributed by atoms with Crippen molar-refractivity contribution < 1.29 is 18.4 Å². The highest BCUT2D eigenvalue weighted by Crippen LogP contribution is 2.45. The van der Waals surface area contributed by atoms with Gasteiger partial charge in [0.05, 0.1) is 21.1 Å². The summed E-state index contributed by atoms with van der Waals surface area (Å²) in [7, 11) is -0.681. The van der Waals surface area contributed by atoms with E-state index in [1.165, 1.54) is 17.2 Å². The number of nitrogens with two attached hydrogens (primary N) is 1. The second-order valence-corrected chi connectivity index (χ2v) is 13.7. The molecule has 0 spiro atoms. The SMILES string of the molecule is C[C@@H]1c2ccccc2CCN1C(=O)c1cc(C2CC2)c2nc(-c3ccc(N4CC[C@H](C(N)=O)[SiH2]C4)cc3F)oc2c1. The van der Waals surface area contributed by atoms with Crippen molar-refractivity contribution in [3.05, 3.63) is 82.7 Å². The van der Waals surface area contributed by atoms with Crippen LogP contribution >= 0.6 is 0 Å². The van der Waals surface area contributed by atoms with Crippen molar-refractivity contribution in [1.29, 1.82) is 0 Å². The number of halogens is 1. The number of benzene rings is 3. The van der Waals surface area contributed by atoms with Crippen LogP contribution in [0.4, 0.5) is 10.1 Å². The molecule has 2 atom stereocenters. The fraction of sp³-hybridized carbons (Fsp3) is 0.344. The van der Waals surface area contributed by atoms with Crippen LogP contribution in [0.3, 0.4) is 0 Å². The molecule has 1 saturated carbocycles. The summed E-state index contributed by atoms with van der Waals surface area (Å²) in [4.78, 5) is 34.2. The van der Waals surface area contributed by atoms with E-state index in [1.807, 2.05) is 29.2 Å². The average Bonchev–Trinajstić information content (AvgIpc) is 3.75. The Balaban J connectivity index is 1.18. The first-order valence-electron chi connectivity index (χ1n) is 14.5. The monoisotopic (exact) mass is 568 g/mol. The molecule has 0 bridgehead atoms. The summed E-state index contributed by atoms with van der Waals surface area (Å²) in [6, 6.07) is 17.2. The summed E-state index contributed by atoms with van der Waals surface area (Å²) >= 11 is 0. The highest BCUT2D eigenvalue weighted by Gasteiger charge is 2.32. The van der Waals surface area contributed by atoms with E-state index in [-0.39, 0.29) is 29.3 Å². The molecular formula is C32H33FN4O3Si. The zero-order valence-electron chi connectivity index (χ0n) is 23.1. The van der Waals surface area contributed by atoms with Gasteiger partial charge in [0.25, 0.3) is 5.91 Å². The van der Waals surface area contributed by atoms with Crippen LogP contribution in [0.1, 0.15) is 65.2 Å². The molecule has 210 valence electrons. The van der Waals surface area contributed by atoms with E-state index in [2.05, 4.69) is 24.0 Å². The molecule has 1 saturated heterocycles. The number of anilines is 1. The van der Waals surface area contributed by atoms with Gasteiger partial charge in [0.2, 0.25) is 11.8 Å². The Hall–Kier alpha value is -3.98.